The number of hydrogen-bond donors (Lipinski definition) is 1. The summed E-state index contributed by atoms with van der Waals surface area (Å²) < 4.78 is 0. The van der Waals surface area contributed by atoms with E-state index in [1.165, 1.54) is 34.5 Å². The van der Waals surface area contributed by atoms with E-state index in [0.717, 1.165) is 18.8 Å². The zero-order valence-corrected chi connectivity index (χ0v) is 12.4. The third kappa shape index (κ3) is 2.88. The van der Waals surface area contributed by atoms with E-state index < -0.39 is 0 Å². The molecule has 0 radical (unpaired) electrons. The molecular formula is C16H20N2S. The minimum Gasteiger partial charge on any atom is -0.316 e. The minimum absolute atomic E-state index is 0.610. The van der Waals surface area contributed by atoms with E-state index in [1.807, 2.05) is 11.3 Å². The lowest BCUT2D eigenvalue weighted by Gasteiger charge is -2.20. The van der Waals surface area contributed by atoms with Crippen molar-refractivity contribution in [3.8, 4) is 11.3 Å². The van der Waals surface area contributed by atoms with Crippen LogP contribution < -0.4 is 5.32 Å². The van der Waals surface area contributed by atoms with E-state index in [9.17, 15) is 0 Å². The predicted octanol–water partition coefficient (Wildman–Crippen LogP) is 3.89. The topological polar surface area (TPSA) is 24.9 Å². The van der Waals surface area contributed by atoms with Crippen molar-refractivity contribution >= 4 is 11.3 Å². The fourth-order valence-corrected chi connectivity index (χ4v) is 3.76. The van der Waals surface area contributed by atoms with Gasteiger partial charge in [0.1, 0.15) is 0 Å². The normalized spacial score (nSPS) is 19.6. The van der Waals surface area contributed by atoms with Crippen LogP contribution in [0, 0.1) is 13.8 Å². The quantitative estimate of drug-likeness (QED) is 0.897. The van der Waals surface area contributed by atoms with Gasteiger partial charge in [-0.15, -0.1) is 11.3 Å². The monoisotopic (exact) mass is 272 g/mol. The first-order valence-electron chi connectivity index (χ1n) is 6.97. The van der Waals surface area contributed by atoms with Gasteiger partial charge in [-0.1, -0.05) is 17.2 Å². The molecule has 1 fully saturated rings. The van der Waals surface area contributed by atoms with E-state index in [0.29, 0.717) is 5.92 Å². The standard InChI is InChI=1S/C16H20N2S/c1-11-6-12(2)8-14(7-11)15-10-19-16(18-15)13-4-3-5-17-9-13/h6-8,10,13,17H,3-5,9H2,1-2H3. The summed E-state index contributed by atoms with van der Waals surface area (Å²) in [4.78, 5) is 4.86. The van der Waals surface area contributed by atoms with Crippen LogP contribution in [-0.4, -0.2) is 18.1 Å². The molecule has 100 valence electrons. The number of piperidine rings is 1. The van der Waals surface area contributed by atoms with Gasteiger partial charge in [0.25, 0.3) is 0 Å². The van der Waals surface area contributed by atoms with Gasteiger partial charge in [-0.3, -0.25) is 0 Å². The van der Waals surface area contributed by atoms with Gasteiger partial charge < -0.3 is 5.32 Å². The van der Waals surface area contributed by atoms with Crippen molar-refractivity contribution in [3.05, 3.63) is 39.7 Å². The first-order valence-corrected chi connectivity index (χ1v) is 7.85. The minimum atomic E-state index is 0.610. The van der Waals surface area contributed by atoms with Crippen molar-refractivity contribution in [2.24, 2.45) is 0 Å². The van der Waals surface area contributed by atoms with Gasteiger partial charge in [-0.2, -0.15) is 0 Å². The molecule has 1 aromatic carbocycles. The molecule has 1 aliphatic heterocycles. The summed E-state index contributed by atoms with van der Waals surface area (Å²) in [5.41, 5.74) is 5.01. The molecule has 2 heterocycles. The molecular weight excluding hydrogens is 252 g/mol. The van der Waals surface area contributed by atoms with Crippen LogP contribution in [-0.2, 0) is 0 Å². The van der Waals surface area contributed by atoms with Crippen LogP contribution in [0.5, 0.6) is 0 Å². The first kappa shape index (κ1) is 12.8. The van der Waals surface area contributed by atoms with Gasteiger partial charge in [0.05, 0.1) is 10.7 Å². The number of nitrogens with zero attached hydrogens (tertiary/aromatic N) is 1. The summed E-state index contributed by atoms with van der Waals surface area (Å²) in [6, 6.07) is 6.66. The number of nitrogens with one attached hydrogen (secondary N) is 1. The van der Waals surface area contributed by atoms with Crippen LogP contribution in [0.15, 0.2) is 23.6 Å². The molecule has 0 aliphatic carbocycles. The summed E-state index contributed by atoms with van der Waals surface area (Å²) >= 11 is 1.81. The lowest BCUT2D eigenvalue weighted by atomic mass is 10.0. The van der Waals surface area contributed by atoms with Crippen molar-refractivity contribution in [3.63, 3.8) is 0 Å². The van der Waals surface area contributed by atoms with Gasteiger partial charge in [-0.05, 0) is 45.4 Å². The van der Waals surface area contributed by atoms with Crippen LogP contribution in [0.25, 0.3) is 11.3 Å². The van der Waals surface area contributed by atoms with Crippen molar-refractivity contribution < 1.29 is 0 Å². The van der Waals surface area contributed by atoms with E-state index in [1.54, 1.807) is 0 Å². The summed E-state index contributed by atoms with van der Waals surface area (Å²) in [6.45, 7) is 6.54. The first-order chi connectivity index (χ1) is 9.22. The Morgan fingerprint density at radius 3 is 2.68 bits per heavy atom. The van der Waals surface area contributed by atoms with E-state index in [2.05, 4.69) is 42.7 Å². The Labute approximate surface area is 118 Å². The SMILES string of the molecule is Cc1cc(C)cc(-c2csc(C3CCCNC3)n2)c1. The smallest absolute Gasteiger partial charge is 0.0976 e. The second-order valence-electron chi connectivity index (χ2n) is 5.49. The second kappa shape index (κ2) is 5.43. The number of benzene rings is 1. The van der Waals surface area contributed by atoms with E-state index in [-0.39, 0.29) is 0 Å². The third-order valence-corrected chi connectivity index (χ3v) is 4.69. The fourth-order valence-electron chi connectivity index (χ4n) is 2.79. The zero-order valence-electron chi connectivity index (χ0n) is 11.6. The van der Waals surface area contributed by atoms with E-state index >= 15 is 0 Å². The molecule has 1 atom stereocenters. The molecule has 3 rings (SSSR count). The Morgan fingerprint density at radius 1 is 1.21 bits per heavy atom. The lowest BCUT2D eigenvalue weighted by Crippen LogP contribution is -2.28. The summed E-state index contributed by atoms with van der Waals surface area (Å²) in [6.07, 6.45) is 2.54. The number of hydrogen-bond acceptors (Lipinski definition) is 3. The van der Waals surface area contributed by atoms with Crippen molar-refractivity contribution in [2.75, 3.05) is 13.1 Å². The molecule has 1 aromatic heterocycles. The highest BCUT2D eigenvalue weighted by molar-refractivity contribution is 7.10. The number of thiazole rings is 1. The molecule has 2 aromatic rings. The molecule has 1 unspecified atom stereocenters. The Kier molecular flexibility index (Phi) is 3.67. The molecule has 1 aliphatic rings. The molecule has 19 heavy (non-hydrogen) atoms. The van der Waals surface area contributed by atoms with Crippen LogP contribution in [0.4, 0.5) is 0 Å². The molecule has 0 amide bonds. The van der Waals surface area contributed by atoms with Crippen LogP contribution >= 0.6 is 11.3 Å². The Morgan fingerprint density at radius 2 is 2.00 bits per heavy atom. The molecule has 1 saturated heterocycles. The number of aryl methyl sites for hydroxylation is 2. The van der Waals surface area contributed by atoms with Gasteiger partial charge >= 0.3 is 0 Å². The highest BCUT2D eigenvalue weighted by atomic mass is 32.1. The van der Waals surface area contributed by atoms with Crippen LogP contribution in [0.3, 0.4) is 0 Å². The maximum atomic E-state index is 4.86. The van der Waals surface area contributed by atoms with E-state index in [4.69, 9.17) is 4.98 Å². The lowest BCUT2D eigenvalue weighted by molar-refractivity contribution is 0.460. The predicted molar refractivity (Wildman–Crippen MR) is 81.9 cm³/mol. The summed E-state index contributed by atoms with van der Waals surface area (Å²) in [5.74, 6) is 0.610. The van der Waals surface area contributed by atoms with Gasteiger partial charge in [0, 0.05) is 23.4 Å². The van der Waals surface area contributed by atoms with Gasteiger partial charge in [0.2, 0.25) is 0 Å². The number of rotatable bonds is 2. The molecule has 0 saturated carbocycles. The highest BCUT2D eigenvalue weighted by Crippen LogP contribution is 2.30. The average Bonchev–Trinajstić information content (AvgIpc) is 2.88. The highest BCUT2D eigenvalue weighted by Gasteiger charge is 2.18. The zero-order chi connectivity index (χ0) is 13.2. The fraction of sp³-hybridized carbons (Fsp3) is 0.438. The summed E-state index contributed by atoms with van der Waals surface area (Å²) in [7, 11) is 0. The largest absolute Gasteiger partial charge is 0.316 e. The average molecular weight is 272 g/mol. The van der Waals surface area contributed by atoms with Crippen molar-refractivity contribution in [1.82, 2.24) is 10.3 Å². The van der Waals surface area contributed by atoms with Crippen LogP contribution in [0.2, 0.25) is 0 Å². The van der Waals surface area contributed by atoms with Gasteiger partial charge in [-0.25, -0.2) is 4.98 Å². The van der Waals surface area contributed by atoms with Crippen molar-refractivity contribution in [1.29, 1.82) is 0 Å². The molecule has 0 bridgehead atoms. The van der Waals surface area contributed by atoms with Crippen molar-refractivity contribution in [2.45, 2.75) is 32.6 Å². The molecule has 2 nitrogen and oxygen atoms in total. The van der Waals surface area contributed by atoms with Gasteiger partial charge in [0.15, 0.2) is 0 Å². The Bertz CT molecular complexity index is 548. The maximum Gasteiger partial charge on any atom is 0.0976 e. The molecule has 3 heteroatoms. The third-order valence-electron chi connectivity index (χ3n) is 3.69. The molecule has 1 N–H and O–H groups in total. The Hall–Kier alpha value is -1.19. The second-order valence-corrected chi connectivity index (χ2v) is 6.38. The van der Waals surface area contributed by atoms with Crippen LogP contribution in [0.1, 0.15) is 34.9 Å². The maximum absolute atomic E-state index is 4.86. The summed E-state index contributed by atoms with van der Waals surface area (Å²) in [5, 5.41) is 6.97. The Balaban J connectivity index is 1.87. The molecule has 0 spiro atoms. The number of aromatic nitrogens is 1.